The van der Waals surface area contributed by atoms with E-state index in [4.69, 9.17) is 49.7 Å². The zero-order chi connectivity index (χ0) is 22.8. The van der Waals surface area contributed by atoms with Gasteiger partial charge in [0.05, 0.1) is 22.4 Å². The van der Waals surface area contributed by atoms with Gasteiger partial charge in [0.15, 0.2) is 0 Å². The molecule has 6 N–H and O–H groups in total. The van der Waals surface area contributed by atoms with Crippen molar-refractivity contribution >= 4 is 40.8 Å². The van der Waals surface area contributed by atoms with E-state index in [1.54, 1.807) is 30.5 Å². The van der Waals surface area contributed by atoms with Gasteiger partial charge in [0, 0.05) is 53.7 Å². The second-order valence-electron chi connectivity index (χ2n) is 6.35. The van der Waals surface area contributed by atoms with Crippen LogP contribution in [0.15, 0.2) is 54.5 Å². The van der Waals surface area contributed by atoms with Crippen molar-refractivity contribution in [3.05, 3.63) is 75.7 Å². The zero-order valence-electron chi connectivity index (χ0n) is 16.7. The minimum absolute atomic E-state index is 0.110. The van der Waals surface area contributed by atoms with E-state index in [0.717, 1.165) is 6.21 Å². The Labute approximate surface area is 190 Å². The monoisotopic (exact) mass is 463 g/mol. The molecule has 0 aliphatic rings. The fourth-order valence-electron chi connectivity index (χ4n) is 2.62. The van der Waals surface area contributed by atoms with Crippen LogP contribution in [-0.2, 0) is 4.89 Å². The SMILES string of the molecule is C[C@H](Oc1ccc(N)c(C(=N)/C=C/C(C=N)=C/NCCOO)c1)c1c(Cl)cncc1Cl. The highest BCUT2D eigenvalue weighted by Gasteiger charge is 2.16. The molecule has 0 bridgehead atoms. The summed E-state index contributed by atoms with van der Waals surface area (Å²) in [5.41, 5.74) is 8.20. The maximum absolute atomic E-state index is 8.34. The van der Waals surface area contributed by atoms with Gasteiger partial charge in [-0.25, -0.2) is 4.89 Å². The molecule has 2 rings (SSSR count). The van der Waals surface area contributed by atoms with Gasteiger partial charge in [-0.3, -0.25) is 10.2 Å². The van der Waals surface area contributed by atoms with Crippen LogP contribution in [0.2, 0.25) is 10.0 Å². The maximum Gasteiger partial charge on any atom is 0.124 e. The second kappa shape index (κ2) is 12.1. The van der Waals surface area contributed by atoms with E-state index in [1.165, 1.54) is 18.5 Å². The molecule has 1 aromatic carbocycles. The van der Waals surface area contributed by atoms with Gasteiger partial charge in [0.1, 0.15) is 11.9 Å². The van der Waals surface area contributed by atoms with Crippen LogP contribution in [0.4, 0.5) is 5.69 Å². The summed E-state index contributed by atoms with van der Waals surface area (Å²) >= 11 is 12.4. The van der Waals surface area contributed by atoms with Crippen molar-refractivity contribution in [1.29, 1.82) is 10.8 Å². The van der Waals surface area contributed by atoms with Gasteiger partial charge in [-0.2, -0.15) is 0 Å². The Morgan fingerprint density at radius 2 is 2.00 bits per heavy atom. The second-order valence-corrected chi connectivity index (χ2v) is 7.16. The molecule has 0 saturated heterocycles. The molecule has 2 aromatic rings. The third-order valence-electron chi connectivity index (χ3n) is 4.14. The van der Waals surface area contributed by atoms with Crippen molar-refractivity contribution in [2.24, 2.45) is 0 Å². The number of pyridine rings is 1. The van der Waals surface area contributed by atoms with Gasteiger partial charge in [-0.05, 0) is 37.3 Å². The Balaban J connectivity index is 2.16. The number of hydrogen-bond donors (Lipinski definition) is 5. The number of hydrogen-bond acceptors (Lipinski definition) is 8. The smallest absolute Gasteiger partial charge is 0.124 e. The number of nitrogens with one attached hydrogen (secondary N) is 3. The van der Waals surface area contributed by atoms with E-state index in [1.807, 2.05) is 6.92 Å². The van der Waals surface area contributed by atoms with Gasteiger partial charge in [-0.15, -0.1) is 0 Å². The fraction of sp³-hybridized carbons (Fsp3) is 0.190. The topological polar surface area (TPSA) is 137 Å². The predicted molar refractivity (Wildman–Crippen MR) is 124 cm³/mol. The number of benzene rings is 1. The summed E-state index contributed by atoms with van der Waals surface area (Å²) in [5, 5.41) is 27.8. The van der Waals surface area contributed by atoms with Crippen molar-refractivity contribution in [3.63, 3.8) is 0 Å². The first-order valence-corrected chi connectivity index (χ1v) is 9.95. The fourth-order valence-corrected chi connectivity index (χ4v) is 3.29. The molecule has 0 aliphatic heterocycles. The first-order chi connectivity index (χ1) is 14.9. The maximum atomic E-state index is 8.34. The normalized spacial score (nSPS) is 12.6. The Bertz CT molecular complexity index is 975. The Hall–Kier alpha value is -2.91. The van der Waals surface area contributed by atoms with E-state index in [2.05, 4.69) is 15.2 Å². The Morgan fingerprint density at radius 1 is 1.29 bits per heavy atom. The largest absolute Gasteiger partial charge is 0.486 e. The summed E-state index contributed by atoms with van der Waals surface area (Å²) in [6.07, 6.45) is 8.36. The number of nitrogen functional groups attached to an aromatic ring is 1. The van der Waals surface area contributed by atoms with Crippen molar-refractivity contribution in [3.8, 4) is 5.75 Å². The van der Waals surface area contributed by atoms with Crippen LogP contribution in [0.3, 0.4) is 0 Å². The molecule has 0 radical (unpaired) electrons. The molecule has 1 atom stereocenters. The van der Waals surface area contributed by atoms with Crippen molar-refractivity contribution in [2.45, 2.75) is 13.0 Å². The van der Waals surface area contributed by atoms with Crippen LogP contribution in [0.5, 0.6) is 5.75 Å². The van der Waals surface area contributed by atoms with Gasteiger partial charge in [0.25, 0.3) is 0 Å². The average Bonchev–Trinajstić information content (AvgIpc) is 2.74. The van der Waals surface area contributed by atoms with Crippen molar-refractivity contribution in [1.82, 2.24) is 10.3 Å². The lowest BCUT2D eigenvalue weighted by molar-refractivity contribution is -0.240. The minimum atomic E-state index is -0.453. The number of ether oxygens (including phenoxy) is 1. The van der Waals surface area contributed by atoms with Crippen LogP contribution in [0.25, 0.3) is 0 Å². The number of nitrogens with two attached hydrogens (primary N) is 1. The Morgan fingerprint density at radius 3 is 2.65 bits per heavy atom. The van der Waals surface area contributed by atoms with Crippen molar-refractivity contribution < 1.29 is 14.9 Å². The number of aromatic nitrogens is 1. The summed E-state index contributed by atoms with van der Waals surface area (Å²) in [6.45, 7) is 2.29. The molecule has 31 heavy (non-hydrogen) atoms. The molecule has 8 nitrogen and oxygen atoms in total. The van der Waals surface area contributed by atoms with Crippen LogP contribution in [-0.4, -0.2) is 35.3 Å². The number of anilines is 1. The molecule has 0 fully saturated rings. The molecule has 0 aliphatic carbocycles. The third-order valence-corrected chi connectivity index (χ3v) is 4.74. The van der Waals surface area contributed by atoms with E-state index in [0.29, 0.717) is 44.7 Å². The van der Waals surface area contributed by atoms with Gasteiger partial charge in [0.2, 0.25) is 0 Å². The van der Waals surface area contributed by atoms with E-state index in [-0.39, 0.29) is 12.3 Å². The molecule has 1 heterocycles. The van der Waals surface area contributed by atoms with Crippen molar-refractivity contribution in [2.75, 3.05) is 18.9 Å². The number of nitrogens with zero attached hydrogens (tertiary/aromatic N) is 1. The lowest BCUT2D eigenvalue weighted by Crippen LogP contribution is -2.13. The predicted octanol–water partition coefficient (Wildman–Crippen LogP) is 4.65. The molecule has 1 aromatic heterocycles. The summed E-state index contributed by atoms with van der Waals surface area (Å²) in [7, 11) is 0. The van der Waals surface area contributed by atoms with Gasteiger partial charge >= 0.3 is 0 Å². The highest BCUT2D eigenvalue weighted by molar-refractivity contribution is 6.35. The zero-order valence-corrected chi connectivity index (χ0v) is 18.2. The lowest BCUT2D eigenvalue weighted by atomic mass is 10.1. The van der Waals surface area contributed by atoms with E-state index in [9.17, 15) is 0 Å². The standard InChI is InChI=1S/C21H23Cl2N5O3/c1-13(21-17(22)11-28-12-18(21)23)31-15-3-5-20(26)16(8-15)19(25)4-2-14(9-24)10-27-6-7-30-29/h2-5,8-13,24-25,27,29H,6-7,26H2,1H3/b4-2+,14-10-,24-9?,25-19?/t13-/m0/s1. The van der Waals surface area contributed by atoms with Gasteiger partial charge in [-0.1, -0.05) is 23.2 Å². The summed E-state index contributed by atoms with van der Waals surface area (Å²) in [6, 6.07) is 5.01. The van der Waals surface area contributed by atoms with E-state index < -0.39 is 6.10 Å². The third kappa shape index (κ3) is 7.08. The molecular formula is C21H23Cl2N5O3. The first-order valence-electron chi connectivity index (χ1n) is 9.19. The summed E-state index contributed by atoms with van der Waals surface area (Å²) < 4.78 is 5.97. The molecule has 164 valence electrons. The molecule has 0 amide bonds. The summed E-state index contributed by atoms with van der Waals surface area (Å²) in [5.74, 6) is 0.493. The summed E-state index contributed by atoms with van der Waals surface area (Å²) in [4.78, 5) is 7.90. The number of allylic oxidation sites excluding steroid dienone is 3. The Kier molecular flexibility index (Phi) is 9.48. The van der Waals surface area contributed by atoms with Crippen LogP contribution >= 0.6 is 23.2 Å². The van der Waals surface area contributed by atoms with Crippen LogP contribution < -0.4 is 15.8 Å². The molecule has 10 heteroatoms. The number of rotatable bonds is 11. The molecule has 0 spiro atoms. The highest BCUT2D eigenvalue weighted by Crippen LogP contribution is 2.33. The minimum Gasteiger partial charge on any atom is -0.486 e. The van der Waals surface area contributed by atoms with Crippen LogP contribution in [0, 0.1) is 10.8 Å². The van der Waals surface area contributed by atoms with Crippen LogP contribution in [0.1, 0.15) is 24.2 Å². The average molecular weight is 464 g/mol. The van der Waals surface area contributed by atoms with E-state index >= 15 is 0 Å². The molecular weight excluding hydrogens is 441 g/mol. The lowest BCUT2D eigenvalue weighted by Gasteiger charge is -2.18. The number of halogens is 2. The molecule has 0 unspecified atom stereocenters. The molecule has 0 saturated carbocycles. The highest BCUT2D eigenvalue weighted by atomic mass is 35.5. The van der Waals surface area contributed by atoms with Gasteiger partial charge < -0.3 is 26.6 Å². The quantitative estimate of drug-likeness (QED) is 0.0820. The first kappa shape index (κ1) is 24.4.